The lowest BCUT2D eigenvalue weighted by molar-refractivity contribution is -0.129. The van der Waals surface area contributed by atoms with Gasteiger partial charge in [0.1, 0.15) is 12.4 Å². The van der Waals surface area contributed by atoms with Crippen LogP contribution in [0.3, 0.4) is 0 Å². The van der Waals surface area contributed by atoms with Crippen LogP contribution in [0, 0.1) is 11.7 Å². The van der Waals surface area contributed by atoms with E-state index in [-0.39, 0.29) is 42.3 Å². The summed E-state index contributed by atoms with van der Waals surface area (Å²) >= 11 is 5.85. The van der Waals surface area contributed by atoms with E-state index in [1.165, 1.54) is 6.07 Å². The minimum Gasteiger partial charge on any atom is -0.447 e. The van der Waals surface area contributed by atoms with Crippen molar-refractivity contribution in [1.82, 2.24) is 4.90 Å². The number of cyclic esters (lactones) is 1. The third-order valence-corrected chi connectivity index (χ3v) is 4.01. The number of imide groups is 1. The average Bonchev–Trinajstić information content (AvgIpc) is 2.82. The zero-order chi connectivity index (χ0) is 15.6. The van der Waals surface area contributed by atoms with E-state index in [9.17, 15) is 14.0 Å². The van der Waals surface area contributed by atoms with Crippen LogP contribution in [0.2, 0.25) is 5.02 Å². The molecule has 1 saturated heterocycles. The van der Waals surface area contributed by atoms with Gasteiger partial charge in [0.25, 0.3) is 0 Å². The number of amides is 2. The van der Waals surface area contributed by atoms with Gasteiger partial charge in [-0.25, -0.2) is 14.1 Å². The summed E-state index contributed by atoms with van der Waals surface area (Å²) in [4.78, 5) is 25.1. The third-order valence-electron chi connectivity index (χ3n) is 3.58. The fourth-order valence-corrected chi connectivity index (χ4v) is 2.54. The summed E-state index contributed by atoms with van der Waals surface area (Å²) in [7, 11) is 0. The van der Waals surface area contributed by atoms with Crippen LogP contribution in [0.5, 0.6) is 0 Å². The summed E-state index contributed by atoms with van der Waals surface area (Å²) in [6.45, 7) is 4.08. The van der Waals surface area contributed by atoms with E-state index in [1.54, 1.807) is 12.1 Å². The molecule has 1 fully saturated rings. The fourth-order valence-electron chi connectivity index (χ4n) is 2.32. The Morgan fingerprint density at radius 1 is 1.52 bits per heavy atom. The van der Waals surface area contributed by atoms with Crippen molar-refractivity contribution in [1.29, 1.82) is 0 Å². The van der Waals surface area contributed by atoms with Crippen LogP contribution < -0.4 is 0 Å². The van der Waals surface area contributed by atoms with Gasteiger partial charge in [0, 0.05) is 6.42 Å². The van der Waals surface area contributed by atoms with Gasteiger partial charge in [-0.05, 0) is 24.0 Å². The molecule has 0 N–H and O–H groups in total. The Hall–Kier alpha value is -1.62. The maximum absolute atomic E-state index is 13.3. The van der Waals surface area contributed by atoms with E-state index < -0.39 is 11.9 Å². The standard InChI is InChI=1S/C15H17ClFNO3/c1-9(2)12-8-21-15(20)18(12)13(19)7-6-10-4-3-5-11(17)14(10)16/h3-5,9,12H,6-8H2,1-2H3. The maximum atomic E-state index is 13.3. The quantitative estimate of drug-likeness (QED) is 0.855. The summed E-state index contributed by atoms with van der Waals surface area (Å²) in [5.74, 6) is -0.711. The van der Waals surface area contributed by atoms with Crippen LogP contribution in [0.1, 0.15) is 25.8 Å². The Bertz CT molecular complexity index is 562. The molecule has 4 nitrogen and oxygen atoms in total. The molecule has 1 atom stereocenters. The van der Waals surface area contributed by atoms with Gasteiger partial charge in [-0.2, -0.15) is 0 Å². The molecule has 2 rings (SSSR count). The summed E-state index contributed by atoms with van der Waals surface area (Å²) in [5.41, 5.74) is 0.554. The smallest absolute Gasteiger partial charge is 0.416 e. The normalized spacial score (nSPS) is 18.2. The summed E-state index contributed by atoms with van der Waals surface area (Å²) < 4.78 is 18.3. The molecule has 0 saturated carbocycles. The van der Waals surface area contributed by atoms with Crippen molar-refractivity contribution in [3.05, 3.63) is 34.6 Å². The Balaban J connectivity index is 2.04. The van der Waals surface area contributed by atoms with Crippen molar-refractivity contribution in [2.75, 3.05) is 6.61 Å². The molecule has 1 aromatic carbocycles. The Morgan fingerprint density at radius 2 is 2.24 bits per heavy atom. The van der Waals surface area contributed by atoms with Crippen LogP contribution in [-0.2, 0) is 16.0 Å². The van der Waals surface area contributed by atoms with E-state index >= 15 is 0 Å². The number of carbonyl (C=O) groups is 2. The highest BCUT2D eigenvalue weighted by molar-refractivity contribution is 6.31. The zero-order valence-corrected chi connectivity index (χ0v) is 12.7. The van der Waals surface area contributed by atoms with Crippen molar-refractivity contribution in [3.8, 4) is 0 Å². The first-order valence-electron chi connectivity index (χ1n) is 6.83. The van der Waals surface area contributed by atoms with Crippen molar-refractivity contribution >= 4 is 23.6 Å². The summed E-state index contributed by atoms with van der Waals surface area (Å²) in [6.07, 6.45) is -0.241. The van der Waals surface area contributed by atoms with E-state index in [2.05, 4.69) is 0 Å². The maximum Gasteiger partial charge on any atom is 0.416 e. The molecule has 0 bridgehead atoms. The number of benzene rings is 1. The Morgan fingerprint density at radius 3 is 2.90 bits per heavy atom. The predicted molar refractivity (Wildman–Crippen MR) is 76.6 cm³/mol. The molecule has 21 heavy (non-hydrogen) atoms. The van der Waals surface area contributed by atoms with Crippen molar-refractivity contribution in [3.63, 3.8) is 0 Å². The molecule has 2 amide bonds. The molecule has 6 heteroatoms. The fraction of sp³-hybridized carbons (Fsp3) is 0.467. The second-order valence-electron chi connectivity index (χ2n) is 5.36. The van der Waals surface area contributed by atoms with Gasteiger partial charge in [-0.15, -0.1) is 0 Å². The largest absolute Gasteiger partial charge is 0.447 e. The van der Waals surface area contributed by atoms with Gasteiger partial charge < -0.3 is 4.74 Å². The van der Waals surface area contributed by atoms with Crippen LogP contribution >= 0.6 is 11.6 Å². The summed E-state index contributed by atoms with van der Waals surface area (Å²) in [6, 6.07) is 4.23. The highest BCUT2D eigenvalue weighted by atomic mass is 35.5. The monoisotopic (exact) mass is 313 g/mol. The highest BCUT2D eigenvalue weighted by Crippen LogP contribution is 2.24. The lowest BCUT2D eigenvalue weighted by atomic mass is 10.0. The van der Waals surface area contributed by atoms with Gasteiger partial charge in [-0.3, -0.25) is 4.79 Å². The van der Waals surface area contributed by atoms with Gasteiger partial charge in [-0.1, -0.05) is 37.6 Å². The van der Waals surface area contributed by atoms with Gasteiger partial charge >= 0.3 is 6.09 Å². The molecule has 1 aliphatic heterocycles. The second-order valence-corrected chi connectivity index (χ2v) is 5.74. The first-order chi connectivity index (χ1) is 9.91. The Labute approximate surface area is 127 Å². The predicted octanol–water partition coefficient (Wildman–Crippen LogP) is 3.42. The van der Waals surface area contributed by atoms with Crippen LogP contribution in [-0.4, -0.2) is 29.5 Å². The van der Waals surface area contributed by atoms with Crippen LogP contribution in [0.15, 0.2) is 18.2 Å². The number of ether oxygens (including phenoxy) is 1. The average molecular weight is 314 g/mol. The van der Waals surface area contributed by atoms with Crippen molar-refractivity contribution in [2.24, 2.45) is 5.92 Å². The van der Waals surface area contributed by atoms with Gasteiger partial charge in [0.15, 0.2) is 0 Å². The lowest BCUT2D eigenvalue weighted by Gasteiger charge is -2.22. The molecule has 1 aromatic rings. The number of halogens is 2. The molecule has 1 heterocycles. The molecular weight excluding hydrogens is 297 g/mol. The first kappa shape index (κ1) is 15.8. The molecule has 114 valence electrons. The van der Waals surface area contributed by atoms with Crippen LogP contribution in [0.25, 0.3) is 0 Å². The van der Waals surface area contributed by atoms with Gasteiger partial charge in [0.2, 0.25) is 5.91 Å². The molecule has 1 unspecified atom stereocenters. The Kier molecular flexibility index (Phi) is 4.83. The van der Waals surface area contributed by atoms with Crippen molar-refractivity contribution < 1.29 is 18.7 Å². The molecule has 0 radical (unpaired) electrons. The number of aryl methyl sites for hydroxylation is 1. The number of rotatable bonds is 4. The topological polar surface area (TPSA) is 46.6 Å². The second kappa shape index (κ2) is 6.43. The molecule has 1 aliphatic rings. The lowest BCUT2D eigenvalue weighted by Crippen LogP contribution is -2.41. The van der Waals surface area contributed by atoms with Gasteiger partial charge in [0.05, 0.1) is 11.1 Å². The van der Waals surface area contributed by atoms with E-state index in [0.717, 1.165) is 4.90 Å². The van der Waals surface area contributed by atoms with E-state index in [4.69, 9.17) is 16.3 Å². The number of hydrogen-bond acceptors (Lipinski definition) is 3. The highest BCUT2D eigenvalue weighted by Gasteiger charge is 2.39. The third kappa shape index (κ3) is 3.35. The molecular formula is C15H17ClFNO3. The van der Waals surface area contributed by atoms with Crippen molar-refractivity contribution in [2.45, 2.75) is 32.7 Å². The minimum absolute atomic E-state index is 0.0229. The molecule has 0 aliphatic carbocycles. The SMILES string of the molecule is CC(C)C1COC(=O)N1C(=O)CCc1cccc(F)c1Cl. The number of hydrogen-bond donors (Lipinski definition) is 0. The van der Waals surface area contributed by atoms with Crippen LogP contribution in [0.4, 0.5) is 9.18 Å². The first-order valence-corrected chi connectivity index (χ1v) is 7.21. The minimum atomic E-state index is -0.607. The zero-order valence-electron chi connectivity index (χ0n) is 11.9. The molecule has 0 aromatic heterocycles. The number of carbonyl (C=O) groups excluding carboxylic acids is 2. The number of nitrogens with zero attached hydrogens (tertiary/aromatic N) is 1. The summed E-state index contributed by atoms with van der Waals surface area (Å²) in [5, 5.41) is 0.0229. The molecule has 0 spiro atoms. The van der Waals surface area contributed by atoms with E-state index in [0.29, 0.717) is 5.56 Å². The van der Waals surface area contributed by atoms with E-state index in [1.807, 2.05) is 13.8 Å².